The van der Waals surface area contributed by atoms with Crippen molar-refractivity contribution in [2.24, 2.45) is 0 Å². The Bertz CT molecular complexity index is 290. The smallest absolute Gasteiger partial charge is 0.282 e. The van der Waals surface area contributed by atoms with E-state index in [1.165, 1.54) is 0 Å². The molecule has 0 aliphatic carbocycles. The summed E-state index contributed by atoms with van der Waals surface area (Å²) in [4.78, 5) is 0. The van der Waals surface area contributed by atoms with Gasteiger partial charge < -0.3 is 14.8 Å². The van der Waals surface area contributed by atoms with Crippen LogP contribution in [0.4, 0.5) is 8.78 Å². The first-order chi connectivity index (χ1) is 6.53. The molecule has 0 aromatic carbocycles. The van der Waals surface area contributed by atoms with E-state index in [2.05, 4.69) is 15.5 Å². The Morgan fingerprint density at radius 3 is 2.71 bits per heavy atom. The molecule has 0 bridgehead atoms. The minimum atomic E-state index is -3.12. The molecule has 0 amide bonds. The van der Waals surface area contributed by atoms with E-state index in [1.54, 1.807) is 6.92 Å². The molecule has 0 fully saturated rings. The highest BCUT2D eigenvalue weighted by molar-refractivity contribution is 4.79. The molecule has 0 aliphatic heterocycles. The van der Waals surface area contributed by atoms with E-state index in [0.29, 0.717) is 5.89 Å². The van der Waals surface area contributed by atoms with E-state index < -0.39 is 19.1 Å². The zero-order chi connectivity index (χ0) is 10.6. The summed E-state index contributed by atoms with van der Waals surface area (Å²) in [6.07, 6.45) is 0. The van der Waals surface area contributed by atoms with Gasteiger partial charge in [0.05, 0.1) is 13.1 Å². The summed E-state index contributed by atoms with van der Waals surface area (Å²) in [7, 11) is 0. The third-order valence-corrected chi connectivity index (χ3v) is 1.46. The second-order valence-corrected chi connectivity index (χ2v) is 2.83. The molecule has 0 radical (unpaired) electrons. The van der Waals surface area contributed by atoms with E-state index in [-0.39, 0.29) is 12.4 Å². The summed E-state index contributed by atoms with van der Waals surface area (Å²) in [5.74, 6) is -2.48. The van der Waals surface area contributed by atoms with Crippen LogP contribution in [0.1, 0.15) is 11.8 Å². The number of alkyl halides is 2. The highest BCUT2D eigenvalue weighted by Gasteiger charge is 2.26. The summed E-state index contributed by atoms with van der Waals surface area (Å²) in [5, 5.41) is 17.8. The quantitative estimate of drug-likeness (QED) is 0.716. The summed E-state index contributed by atoms with van der Waals surface area (Å²) in [5.41, 5.74) is 0. The van der Waals surface area contributed by atoms with Crippen LogP contribution in [0.15, 0.2) is 4.42 Å². The van der Waals surface area contributed by atoms with Gasteiger partial charge >= 0.3 is 0 Å². The molecule has 14 heavy (non-hydrogen) atoms. The van der Waals surface area contributed by atoms with Crippen molar-refractivity contribution in [2.45, 2.75) is 19.4 Å². The second-order valence-electron chi connectivity index (χ2n) is 2.83. The van der Waals surface area contributed by atoms with Crippen LogP contribution in [0, 0.1) is 6.92 Å². The Labute approximate surface area is 79.1 Å². The number of hydrogen-bond acceptors (Lipinski definition) is 5. The van der Waals surface area contributed by atoms with Gasteiger partial charge in [-0.2, -0.15) is 0 Å². The van der Waals surface area contributed by atoms with Gasteiger partial charge in [-0.1, -0.05) is 0 Å². The van der Waals surface area contributed by atoms with Gasteiger partial charge in [0.15, 0.2) is 0 Å². The van der Waals surface area contributed by atoms with E-state index >= 15 is 0 Å². The van der Waals surface area contributed by atoms with Gasteiger partial charge in [0.25, 0.3) is 5.92 Å². The van der Waals surface area contributed by atoms with Gasteiger partial charge in [0.2, 0.25) is 11.8 Å². The minimum Gasteiger partial charge on any atom is -0.424 e. The molecule has 5 nitrogen and oxygen atoms in total. The first kappa shape index (κ1) is 11.0. The SMILES string of the molecule is Cc1nnc(CNCC(F)(F)CO)o1. The molecule has 0 saturated heterocycles. The Balaban J connectivity index is 2.28. The maximum absolute atomic E-state index is 12.5. The average molecular weight is 207 g/mol. The van der Waals surface area contributed by atoms with Crippen molar-refractivity contribution in [3.8, 4) is 0 Å². The van der Waals surface area contributed by atoms with E-state index in [4.69, 9.17) is 9.52 Å². The van der Waals surface area contributed by atoms with Crippen LogP contribution >= 0.6 is 0 Å². The molecular weight excluding hydrogens is 196 g/mol. The molecule has 0 atom stereocenters. The monoisotopic (exact) mass is 207 g/mol. The van der Waals surface area contributed by atoms with Crippen molar-refractivity contribution in [1.82, 2.24) is 15.5 Å². The zero-order valence-corrected chi connectivity index (χ0v) is 7.63. The summed E-state index contributed by atoms with van der Waals surface area (Å²) < 4.78 is 29.9. The predicted octanol–water partition coefficient (Wildman–Crippen LogP) is 0.0952. The normalized spacial score (nSPS) is 12.0. The third kappa shape index (κ3) is 3.35. The largest absolute Gasteiger partial charge is 0.424 e. The lowest BCUT2D eigenvalue weighted by atomic mass is 10.3. The van der Waals surface area contributed by atoms with Crippen LogP contribution in [0.25, 0.3) is 0 Å². The Hall–Kier alpha value is -1.08. The minimum absolute atomic E-state index is 0.0659. The fraction of sp³-hybridized carbons (Fsp3) is 0.714. The van der Waals surface area contributed by atoms with Gasteiger partial charge in [0, 0.05) is 6.92 Å². The van der Waals surface area contributed by atoms with E-state index in [1.807, 2.05) is 0 Å². The summed E-state index contributed by atoms with van der Waals surface area (Å²) in [6, 6.07) is 0. The molecule has 0 unspecified atom stereocenters. The van der Waals surface area contributed by atoms with Gasteiger partial charge in [-0.25, -0.2) is 8.78 Å². The van der Waals surface area contributed by atoms with Gasteiger partial charge in [-0.05, 0) is 0 Å². The van der Waals surface area contributed by atoms with Crippen molar-refractivity contribution in [3.05, 3.63) is 11.8 Å². The van der Waals surface area contributed by atoms with Gasteiger partial charge in [0.1, 0.15) is 6.61 Å². The molecule has 80 valence electrons. The number of aliphatic hydroxyl groups excluding tert-OH is 1. The van der Waals surface area contributed by atoms with Crippen molar-refractivity contribution >= 4 is 0 Å². The van der Waals surface area contributed by atoms with Crippen LogP contribution in [-0.2, 0) is 6.54 Å². The standard InChI is InChI=1S/C7H11F2N3O2/c1-5-11-12-6(14-5)2-10-3-7(8,9)4-13/h10,13H,2-4H2,1H3. The number of aryl methyl sites for hydroxylation is 1. The van der Waals surface area contributed by atoms with Gasteiger partial charge in [-0.15, -0.1) is 10.2 Å². The fourth-order valence-corrected chi connectivity index (χ4v) is 0.817. The fourth-order valence-electron chi connectivity index (χ4n) is 0.817. The van der Waals surface area contributed by atoms with Gasteiger partial charge in [-0.3, -0.25) is 0 Å². The van der Waals surface area contributed by atoms with Crippen molar-refractivity contribution < 1.29 is 18.3 Å². The maximum atomic E-state index is 12.5. The number of nitrogens with zero attached hydrogens (tertiary/aromatic N) is 2. The van der Waals surface area contributed by atoms with E-state index in [9.17, 15) is 8.78 Å². The molecular formula is C7H11F2N3O2. The Morgan fingerprint density at radius 1 is 1.50 bits per heavy atom. The first-order valence-electron chi connectivity index (χ1n) is 4.02. The number of aliphatic hydroxyl groups is 1. The number of rotatable bonds is 5. The second kappa shape index (κ2) is 4.43. The predicted molar refractivity (Wildman–Crippen MR) is 42.8 cm³/mol. The third-order valence-electron chi connectivity index (χ3n) is 1.46. The number of nitrogens with one attached hydrogen (secondary N) is 1. The van der Waals surface area contributed by atoms with Crippen molar-refractivity contribution in [1.29, 1.82) is 0 Å². The van der Waals surface area contributed by atoms with Crippen LogP contribution in [0.5, 0.6) is 0 Å². The summed E-state index contributed by atoms with van der Waals surface area (Å²) in [6.45, 7) is -0.122. The highest BCUT2D eigenvalue weighted by atomic mass is 19.3. The van der Waals surface area contributed by atoms with Crippen LogP contribution in [0.2, 0.25) is 0 Å². The molecule has 1 aromatic rings. The Kier molecular flexibility index (Phi) is 3.48. The molecule has 1 rings (SSSR count). The van der Waals surface area contributed by atoms with E-state index in [0.717, 1.165) is 0 Å². The lowest BCUT2D eigenvalue weighted by Crippen LogP contribution is -2.35. The topological polar surface area (TPSA) is 71.2 Å². The lowest BCUT2D eigenvalue weighted by molar-refractivity contribution is -0.0480. The number of aromatic nitrogens is 2. The van der Waals surface area contributed by atoms with Crippen molar-refractivity contribution in [3.63, 3.8) is 0 Å². The molecule has 0 spiro atoms. The van der Waals surface area contributed by atoms with Crippen LogP contribution in [-0.4, -0.2) is 34.4 Å². The number of hydrogen-bond donors (Lipinski definition) is 2. The molecule has 7 heteroatoms. The Morgan fingerprint density at radius 2 is 2.21 bits per heavy atom. The maximum Gasteiger partial charge on any atom is 0.282 e. The molecule has 0 aliphatic rings. The van der Waals surface area contributed by atoms with Crippen molar-refractivity contribution in [2.75, 3.05) is 13.2 Å². The highest BCUT2D eigenvalue weighted by Crippen LogP contribution is 2.10. The van der Waals surface area contributed by atoms with Crippen LogP contribution < -0.4 is 5.32 Å². The first-order valence-corrected chi connectivity index (χ1v) is 4.02. The lowest BCUT2D eigenvalue weighted by Gasteiger charge is -2.12. The molecule has 1 heterocycles. The number of halogens is 2. The average Bonchev–Trinajstić information content (AvgIpc) is 2.51. The zero-order valence-electron chi connectivity index (χ0n) is 7.63. The molecule has 2 N–H and O–H groups in total. The summed E-state index contributed by atoms with van der Waals surface area (Å²) >= 11 is 0. The molecule has 1 aromatic heterocycles. The molecule has 0 saturated carbocycles. The van der Waals surface area contributed by atoms with Crippen LogP contribution in [0.3, 0.4) is 0 Å².